The number of benzene rings is 3. The number of carbonyl (C=O) groups excluding carboxylic acids is 2. The van der Waals surface area contributed by atoms with Gasteiger partial charge in [0.25, 0.3) is 0 Å². The predicted octanol–water partition coefficient (Wildman–Crippen LogP) is 5.35. The second-order valence-electron chi connectivity index (χ2n) is 7.73. The zero-order valence-electron chi connectivity index (χ0n) is 18.7. The van der Waals surface area contributed by atoms with Gasteiger partial charge in [0.05, 0.1) is 5.75 Å². The molecule has 1 atom stereocenters. The lowest BCUT2D eigenvalue weighted by atomic mass is 10.0. The summed E-state index contributed by atoms with van der Waals surface area (Å²) >= 11 is 7.51. The van der Waals surface area contributed by atoms with Gasteiger partial charge in [-0.3, -0.25) is 9.59 Å². The van der Waals surface area contributed by atoms with Gasteiger partial charge in [-0.2, -0.15) is 0 Å². The number of thioether (sulfide) groups is 1. The molecule has 33 heavy (non-hydrogen) atoms. The average Bonchev–Trinajstić information content (AvgIpc) is 2.84. The summed E-state index contributed by atoms with van der Waals surface area (Å²) in [5.74, 6) is 0.811. The molecule has 3 rings (SSSR count). The zero-order valence-corrected chi connectivity index (χ0v) is 20.3. The molecule has 4 nitrogen and oxygen atoms in total. The third-order valence-electron chi connectivity index (χ3n) is 5.23. The molecule has 0 aliphatic heterocycles. The molecule has 0 saturated heterocycles. The van der Waals surface area contributed by atoms with Gasteiger partial charge in [-0.15, -0.1) is 11.8 Å². The lowest BCUT2D eigenvalue weighted by Crippen LogP contribution is -2.51. The van der Waals surface area contributed by atoms with E-state index < -0.39 is 6.04 Å². The lowest BCUT2D eigenvalue weighted by Gasteiger charge is -2.31. The smallest absolute Gasteiger partial charge is 0.243 e. The molecule has 6 heteroatoms. The standard InChI is InChI=1S/C27H29ClN2O2S/c1-2-29-27(32)25(17-21-9-5-3-6-10-21)30(18-22-11-7-4-8-12-22)26(31)20-33-19-23-13-15-24(28)16-14-23/h3-16,25H,2,17-20H2,1H3,(H,29,32). The zero-order chi connectivity index (χ0) is 23.5. The molecule has 3 aromatic carbocycles. The van der Waals surface area contributed by atoms with Crippen molar-refractivity contribution in [3.8, 4) is 0 Å². The van der Waals surface area contributed by atoms with Crippen LogP contribution >= 0.6 is 23.4 Å². The van der Waals surface area contributed by atoms with E-state index >= 15 is 0 Å². The first-order valence-electron chi connectivity index (χ1n) is 11.0. The maximum absolute atomic E-state index is 13.4. The highest BCUT2D eigenvalue weighted by molar-refractivity contribution is 7.99. The van der Waals surface area contributed by atoms with Gasteiger partial charge < -0.3 is 10.2 Å². The van der Waals surface area contributed by atoms with Crippen molar-refractivity contribution in [3.05, 3.63) is 107 Å². The number of carbonyl (C=O) groups is 2. The molecule has 3 aromatic rings. The van der Waals surface area contributed by atoms with Crippen LogP contribution in [0.5, 0.6) is 0 Å². The molecule has 0 aliphatic carbocycles. The Labute approximate surface area is 205 Å². The Bertz CT molecular complexity index is 1010. The highest BCUT2D eigenvalue weighted by Gasteiger charge is 2.29. The monoisotopic (exact) mass is 480 g/mol. The minimum atomic E-state index is -0.587. The van der Waals surface area contributed by atoms with Crippen molar-refractivity contribution in [2.75, 3.05) is 12.3 Å². The summed E-state index contributed by atoms with van der Waals surface area (Å²) < 4.78 is 0. The van der Waals surface area contributed by atoms with Gasteiger partial charge in [0.1, 0.15) is 6.04 Å². The third kappa shape index (κ3) is 7.95. The maximum atomic E-state index is 13.4. The molecule has 2 amide bonds. The largest absolute Gasteiger partial charge is 0.355 e. The van der Waals surface area contributed by atoms with Crippen LogP contribution in [-0.4, -0.2) is 35.1 Å². The van der Waals surface area contributed by atoms with Gasteiger partial charge in [0.15, 0.2) is 0 Å². The topological polar surface area (TPSA) is 49.4 Å². The minimum absolute atomic E-state index is 0.0509. The van der Waals surface area contributed by atoms with Crippen molar-refractivity contribution in [2.24, 2.45) is 0 Å². The summed E-state index contributed by atoms with van der Waals surface area (Å²) in [6.45, 7) is 2.79. The third-order valence-corrected chi connectivity index (χ3v) is 6.47. The molecular weight excluding hydrogens is 452 g/mol. The molecule has 172 valence electrons. The summed E-state index contributed by atoms with van der Waals surface area (Å²) in [5, 5.41) is 3.62. The van der Waals surface area contributed by atoms with Crippen LogP contribution in [0, 0.1) is 0 Å². The number of likely N-dealkylation sites (N-methyl/N-ethyl adjacent to an activating group) is 1. The SMILES string of the molecule is CCNC(=O)C(Cc1ccccc1)N(Cc1ccccc1)C(=O)CSCc1ccc(Cl)cc1. The second kappa shape index (κ2) is 13.1. The van der Waals surface area contributed by atoms with Crippen LogP contribution in [0.1, 0.15) is 23.6 Å². The summed E-state index contributed by atoms with van der Waals surface area (Å²) in [6.07, 6.45) is 0.465. The van der Waals surface area contributed by atoms with E-state index in [0.717, 1.165) is 16.7 Å². The number of halogens is 1. The van der Waals surface area contributed by atoms with E-state index in [1.807, 2.05) is 91.9 Å². The van der Waals surface area contributed by atoms with Crippen molar-refractivity contribution in [1.82, 2.24) is 10.2 Å². The predicted molar refractivity (Wildman–Crippen MR) is 137 cm³/mol. The van der Waals surface area contributed by atoms with E-state index in [0.29, 0.717) is 36.0 Å². The van der Waals surface area contributed by atoms with E-state index in [4.69, 9.17) is 11.6 Å². The highest BCUT2D eigenvalue weighted by Crippen LogP contribution is 2.19. The van der Waals surface area contributed by atoms with Crippen molar-refractivity contribution in [3.63, 3.8) is 0 Å². The number of amides is 2. The molecular formula is C27H29ClN2O2S. The molecule has 1 N–H and O–H groups in total. The van der Waals surface area contributed by atoms with Crippen LogP contribution in [0.4, 0.5) is 0 Å². The molecule has 0 radical (unpaired) electrons. The van der Waals surface area contributed by atoms with Gasteiger partial charge in [-0.1, -0.05) is 84.4 Å². The Morgan fingerprint density at radius 2 is 1.48 bits per heavy atom. The second-order valence-corrected chi connectivity index (χ2v) is 9.15. The molecule has 0 aromatic heterocycles. The van der Waals surface area contributed by atoms with Crippen molar-refractivity contribution in [2.45, 2.75) is 31.7 Å². The summed E-state index contributed by atoms with van der Waals surface area (Å²) in [6, 6.07) is 26.7. The Hall–Kier alpha value is -2.76. The quantitative estimate of drug-likeness (QED) is 0.402. The first-order chi connectivity index (χ1) is 16.1. The van der Waals surface area contributed by atoms with E-state index in [1.54, 1.807) is 16.7 Å². The first-order valence-corrected chi connectivity index (χ1v) is 12.6. The molecule has 0 spiro atoms. The number of hydrogen-bond donors (Lipinski definition) is 1. The van der Waals surface area contributed by atoms with E-state index in [-0.39, 0.29) is 11.8 Å². The molecule has 0 fully saturated rings. The fraction of sp³-hybridized carbons (Fsp3) is 0.259. The first kappa shape index (κ1) is 24.9. The average molecular weight is 481 g/mol. The Morgan fingerprint density at radius 1 is 0.879 bits per heavy atom. The van der Waals surface area contributed by atoms with Gasteiger partial charge in [0, 0.05) is 30.3 Å². The Balaban J connectivity index is 1.79. The summed E-state index contributed by atoms with van der Waals surface area (Å²) in [7, 11) is 0. The van der Waals surface area contributed by atoms with Crippen molar-refractivity contribution >= 4 is 35.2 Å². The Morgan fingerprint density at radius 3 is 2.09 bits per heavy atom. The summed E-state index contributed by atoms with van der Waals surface area (Å²) in [5.41, 5.74) is 3.13. The van der Waals surface area contributed by atoms with Gasteiger partial charge in [-0.25, -0.2) is 0 Å². The van der Waals surface area contributed by atoms with Crippen molar-refractivity contribution < 1.29 is 9.59 Å². The normalized spacial score (nSPS) is 11.6. The van der Waals surface area contributed by atoms with Gasteiger partial charge in [0.2, 0.25) is 11.8 Å². The van der Waals surface area contributed by atoms with Crippen LogP contribution in [0.2, 0.25) is 5.02 Å². The van der Waals surface area contributed by atoms with Gasteiger partial charge in [-0.05, 0) is 35.7 Å². The Kier molecular flexibility index (Phi) is 9.85. The molecule has 0 saturated carbocycles. The minimum Gasteiger partial charge on any atom is -0.355 e. The van der Waals surface area contributed by atoms with Crippen LogP contribution in [0.25, 0.3) is 0 Å². The molecule has 0 aliphatic rings. The molecule has 0 heterocycles. The highest BCUT2D eigenvalue weighted by atomic mass is 35.5. The molecule has 0 bridgehead atoms. The fourth-order valence-corrected chi connectivity index (χ4v) is 4.54. The fourth-order valence-electron chi connectivity index (χ4n) is 3.55. The number of hydrogen-bond acceptors (Lipinski definition) is 3. The lowest BCUT2D eigenvalue weighted by molar-refractivity contribution is -0.139. The van der Waals surface area contributed by atoms with Crippen LogP contribution in [0.3, 0.4) is 0 Å². The van der Waals surface area contributed by atoms with Crippen LogP contribution in [0.15, 0.2) is 84.9 Å². The summed E-state index contributed by atoms with van der Waals surface area (Å²) in [4.78, 5) is 28.2. The number of rotatable bonds is 11. The van der Waals surface area contributed by atoms with Crippen LogP contribution < -0.4 is 5.32 Å². The van der Waals surface area contributed by atoms with E-state index in [1.165, 1.54) is 0 Å². The van der Waals surface area contributed by atoms with Crippen LogP contribution in [-0.2, 0) is 28.3 Å². The number of nitrogens with one attached hydrogen (secondary N) is 1. The van der Waals surface area contributed by atoms with E-state index in [9.17, 15) is 9.59 Å². The maximum Gasteiger partial charge on any atom is 0.243 e. The van der Waals surface area contributed by atoms with Crippen molar-refractivity contribution in [1.29, 1.82) is 0 Å². The molecule has 1 unspecified atom stereocenters. The number of nitrogens with zero attached hydrogens (tertiary/aromatic N) is 1. The van der Waals surface area contributed by atoms with E-state index in [2.05, 4.69) is 5.32 Å². The van der Waals surface area contributed by atoms with Gasteiger partial charge >= 0.3 is 0 Å².